The molecule has 0 radical (unpaired) electrons. The number of nitro benzene ring substituents is 1. The third kappa shape index (κ3) is 2.52. The van der Waals surface area contributed by atoms with E-state index in [1.54, 1.807) is 0 Å². The quantitative estimate of drug-likeness (QED) is 0.469. The van der Waals surface area contributed by atoms with E-state index in [1.807, 2.05) is 0 Å². The van der Waals surface area contributed by atoms with Gasteiger partial charge >= 0.3 is 11.9 Å². The summed E-state index contributed by atoms with van der Waals surface area (Å²) in [7, 11) is 2.37. The first kappa shape index (κ1) is 15.9. The first-order valence-electron chi connectivity index (χ1n) is 5.98. The average molecular weight is 368 g/mol. The number of methoxy groups -OCH3 is 2. The zero-order valence-electron chi connectivity index (χ0n) is 11.6. The van der Waals surface area contributed by atoms with Gasteiger partial charge in [-0.05, 0) is 18.2 Å². The number of nitrogens with zero attached hydrogens (tertiary/aromatic N) is 1. The fourth-order valence-corrected chi connectivity index (χ4v) is 2.69. The Morgan fingerprint density at radius 2 is 1.50 bits per heavy atom. The SMILES string of the molecule is COC(=O)c1ccc(C(=O)OC)c2c([N+](=O)[O-])ccc(Br)c12. The number of carbonyl (C=O) groups is 2. The summed E-state index contributed by atoms with van der Waals surface area (Å²) >= 11 is 3.25. The largest absolute Gasteiger partial charge is 0.465 e. The Morgan fingerprint density at radius 3 is 1.95 bits per heavy atom. The van der Waals surface area contributed by atoms with E-state index in [-0.39, 0.29) is 27.6 Å². The number of esters is 2. The third-order valence-electron chi connectivity index (χ3n) is 3.10. The summed E-state index contributed by atoms with van der Waals surface area (Å²) in [5.41, 5.74) is -0.191. The normalized spacial score (nSPS) is 10.3. The maximum Gasteiger partial charge on any atom is 0.338 e. The minimum Gasteiger partial charge on any atom is -0.465 e. The second kappa shape index (κ2) is 6.10. The molecule has 0 aliphatic rings. The lowest BCUT2D eigenvalue weighted by Gasteiger charge is -2.11. The lowest BCUT2D eigenvalue weighted by Crippen LogP contribution is -2.08. The minimum absolute atomic E-state index is 0.00171. The predicted octanol–water partition coefficient (Wildman–Crippen LogP) is 3.08. The molecule has 2 rings (SSSR count). The lowest BCUT2D eigenvalue weighted by molar-refractivity contribution is -0.383. The van der Waals surface area contributed by atoms with Crippen LogP contribution < -0.4 is 0 Å². The molecule has 0 fully saturated rings. The molecule has 22 heavy (non-hydrogen) atoms. The van der Waals surface area contributed by atoms with Crippen molar-refractivity contribution in [3.05, 3.63) is 50.0 Å². The molecule has 0 saturated carbocycles. The highest BCUT2D eigenvalue weighted by Crippen LogP contribution is 2.37. The van der Waals surface area contributed by atoms with Crippen LogP contribution in [0.25, 0.3) is 10.8 Å². The Morgan fingerprint density at radius 1 is 1.00 bits per heavy atom. The highest BCUT2D eigenvalue weighted by Gasteiger charge is 2.25. The summed E-state index contributed by atoms with van der Waals surface area (Å²) in [4.78, 5) is 34.4. The second-order valence-electron chi connectivity index (χ2n) is 4.22. The molecule has 0 N–H and O–H groups in total. The van der Waals surface area contributed by atoms with Gasteiger partial charge in [0, 0.05) is 15.9 Å². The van der Waals surface area contributed by atoms with Gasteiger partial charge in [0.25, 0.3) is 5.69 Å². The van der Waals surface area contributed by atoms with E-state index in [0.29, 0.717) is 4.47 Å². The fourth-order valence-electron chi connectivity index (χ4n) is 2.15. The van der Waals surface area contributed by atoms with E-state index in [2.05, 4.69) is 25.4 Å². The molecule has 0 atom stereocenters. The van der Waals surface area contributed by atoms with Crippen molar-refractivity contribution in [3.63, 3.8) is 0 Å². The van der Waals surface area contributed by atoms with Crippen molar-refractivity contribution >= 4 is 44.3 Å². The molecule has 0 aliphatic carbocycles. The number of hydrogen-bond acceptors (Lipinski definition) is 6. The van der Waals surface area contributed by atoms with Gasteiger partial charge in [0.2, 0.25) is 0 Å². The van der Waals surface area contributed by atoms with Crippen LogP contribution in [0.2, 0.25) is 0 Å². The number of benzene rings is 2. The molecule has 0 aromatic heterocycles. The zero-order valence-corrected chi connectivity index (χ0v) is 13.2. The number of fused-ring (bicyclic) bond motifs is 1. The first-order chi connectivity index (χ1) is 10.4. The van der Waals surface area contributed by atoms with Gasteiger partial charge in [-0.1, -0.05) is 15.9 Å². The lowest BCUT2D eigenvalue weighted by atomic mass is 9.98. The smallest absolute Gasteiger partial charge is 0.338 e. The molecular weight excluding hydrogens is 358 g/mol. The van der Waals surface area contributed by atoms with Crippen LogP contribution in [-0.4, -0.2) is 31.1 Å². The van der Waals surface area contributed by atoms with Crippen molar-refractivity contribution in [1.82, 2.24) is 0 Å². The predicted molar refractivity (Wildman–Crippen MR) is 81.0 cm³/mol. The second-order valence-corrected chi connectivity index (χ2v) is 5.07. The summed E-state index contributed by atoms with van der Waals surface area (Å²) in [6, 6.07) is 5.36. The molecule has 114 valence electrons. The monoisotopic (exact) mass is 367 g/mol. The Balaban J connectivity index is 3.02. The van der Waals surface area contributed by atoms with Crippen molar-refractivity contribution in [2.45, 2.75) is 0 Å². The maximum atomic E-state index is 11.9. The number of ether oxygens (including phenoxy) is 2. The van der Waals surface area contributed by atoms with Crippen LogP contribution in [0.1, 0.15) is 20.7 Å². The van der Waals surface area contributed by atoms with Gasteiger partial charge in [-0.25, -0.2) is 9.59 Å². The highest BCUT2D eigenvalue weighted by atomic mass is 79.9. The van der Waals surface area contributed by atoms with E-state index in [4.69, 9.17) is 0 Å². The van der Waals surface area contributed by atoms with E-state index in [1.165, 1.54) is 38.5 Å². The summed E-state index contributed by atoms with van der Waals surface area (Å²) in [6.45, 7) is 0. The van der Waals surface area contributed by atoms with Crippen molar-refractivity contribution in [1.29, 1.82) is 0 Å². The van der Waals surface area contributed by atoms with E-state index >= 15 is 0 Å². The average Bonchev–Trinajstić information content (AvgIpc) is 2.52. The maximum absolute atomic E-state index is 11.9. The number of carbonyl (C=O) groups excluding carboxylic acids is 2. The zero-order chi connectivity index (χ0) is 16.4. The number of non-ortho nitro benzene ring substituents is 1. The minimum atomic E-state index is -0.734. The Bertz CT molecular complexity index is 802. The van der Waals surface area contributed by atoms with E-state index in [9.17, 15) is 19.7 Å². The molecule has 0 aliphatic heterocycles. The van der Waals surface area contributed by atoms with Crippen LogP contribution in [0.5, 0.6) is 0 Å². The Hall–Kier alpha value is -2.48. The number of hydrogen-bond donors (Lipinski definition) is 0. The van der Waals surface area contributed by atoms with E-state index < -0.39 is 16.9 Å². The van der Waals surface area contributed by atoms with Gasteiger partial charge in [0.1, 0.15) is 0 Å². The molecule has 0 heterocycles. The number of halogens is 1. The molecule has 8 heteroatoms. The van der Waals surface area contributed by atoms with Gasteiger partial charge in [-0.15, -0.1) is 0 Å². The summed E-state index contributed by atoms with van der Waals surface area (Å²) in [6.07, 6.45) is 0. The van der Waals surface area contributed by atoms with Crippen molar-refractivity contribution in [2.75, 3.05) is 14.2 Å². The van der Waals surface area contributed by atoms with Gasteiger partial charge in [-0.2, -0.15) is 0 Å². The van der Waals surface area contributed by atoms with Crippen molar-refractivity contribution < 1.29 is 24.0 Å². The summed E-state index contributed by atoms with van der Waals surface area (Å²) < 4.78 is 9.76. The molecule has 2 aromatic rings. The summed E-state index contributed by atoms with van der Waals surface area (Å²) in [5, 5.41) is 11.5. The van der Waals surface area contributed by atoms with Crippen molar-refractivity contribution in [3.8, 4) is 0 Å². The van der Waals surface area contributed by atoms with Gasteiger partial charge < -0.3 is 9.47 Å². The summed E-state index contributed by atoms with van der Waals surface area (Å²) in [5.74, 6) is -1.40. The first-order valence-corrected chi connectivity index (χ1v) is 6.78. The fraction of sp³-hybridized carbons (Fsp3) is 0.143. The van der Waals surface area contributed by atoms with Gasteiger partial charge in [0.05, 0.1) is 35.7 Å². The number of rotatable bonds is 3. The molecule has 0 amide bonds. The van der Waals surface area contributed by atoms with Crippen LogP contribution in [0.15, 0.2) is 28.7 Å². The topological polar surface area (TPSA) is 95.7 Å². The van der Waals surface area contributed by atoms with Crippen LogP contribution in [0.4, 0.5) is 5.69 Å². The Labute approximate surface area is 133 Å². The third-order valence-corrected chi connectivity index (χ3v) is 3.76. The van der Waals surface area contributed by atoms with Crippen molar-refractivity contribution in [2.24, 2.45) is 0 Å². The molecule has 0 unspecified atom stereocenters. The van der Waals surface area contributed by atoms with E-state index in [0.717, 1.165) is 0 Å². The molecule has 7 nitrogen and oxygen atoms in total. The molecular formula is C14H10BrNO6. The van der Waals surface area contributed by atoms with Crippen LogP contribution >= 0.6 is 15.9 Å². The molecule has 0 bridgehead atoms. The van der Waals surface area contributed by atoms with Crippen LogP contribution in [0.3, 0.4) is 0 Å². The highest BCUT2D eigenvalue weighted by molar-refractivity contribution is 9.10. The molecule has 0 spiro atoms. The van der Waals surface area contributed by atoms with Crippen LogP contribution in [-0.2, 0) is 9.47 Å². The molecule has 2 aromatic carbocycles. The van der Waals surface area contributed by atoms with Gasteiger partial charge in [-0.3, -0.25) is 10.1 Å². The standard InChI is InChI=1S/C14H10BrNO6/c1-21-13(17)7-3-4-8(14(18)22-2)12-10(16(19)20)6-5-9(15)11(7)12/h3-6H,1-2H3. The molecule has 0 saturated heterocycles. The number of nitro groups is 1. The van der Waals surface area contributed by atoms with Gasteiger partial charge in [0.15, 0.2) is 0 Å². The Kier molecular flexibility index (Phi) is 4.41. The van der Waals surface area contributed by atoms with Crippen LogP contribution in [0, 0.1) is 10.1 Å².